The van der Waals surface area contributed by atoms with E-state index in [0.29, 0.717) is 18.7 Å². The van der Waals surface area contributed by atoms with Crippen LogP contribution in [0.1, 0.15) is 39.5 Å². The van der Waals surface area contributed by atoms with Gasteiger partial charge in [0.05, 0.1) is 13.2 Å². The van der Waals surface area contributed by atoms with Crippen molar-refractivity contribution in [2.45, 2.75) is 39.5 Å². The molecule has 0 saturated heterocycles. The number of hydrogen-bond acceptors (Lipinski definition) is 4. The van der Waals surface area contributed by atoms with Gasteiger partial charge < -0.3 is 20.7 Å². The molecule has 2 rings (SSSR count). The summed E-state index contributed by atoms with van der Waals surface area (Å²) < 4.78 is 5.65. The molecule has 150 valence electrons. The van der Waals surface area contributed by atoms with Gasteiger partial charge in [0, 0.05) is 29.5 Å². The molecule has 0 heterocycles. The minimum atomic E-state index is -0.147. The van der Waals surface area contributed by atoms with E-state index in [1.165, 1.54) is 0 Å². The SMILES string of the molecule is CCCCOc1cccc(NC(=O)CNc2ccc(NC(=O)CCC)cc2)c1. The van der Waals surface area contributed by atoms with Crippen molar-refractivity contribution >= 4 is 28.9 Å². The number of amides is 2. The maximum absolute atomic E-state index is 12.2. The minimum absolute atomic E-state index is 0.00323. The Kier molecular flexibility index (Phi) is 8.85. The highest BCUT2D eigenvalue weighted by molar-refractivity contribution is 5.94. The summed E-state index contributed by atoms with van der Waals surface area (Å²) in [6.07, 6.45) is 3.40. The summed E-state index contributed by atoms with van der Waals surface area (Å²) >= 11 is 0. The molecule has 0 aromatic heterocycles. The van der Waals surface area contributed by atoms with E-state index in [0.717, 1.165) is 36.4 Å². The van der Waals surface area contributed by atoms with Gasteiger partial charge in [0.2, 0.25) is 11.8 Å². The van der Waals surface area contributed by atoms with Crippen molar-refractivity contribution < 1.29 is 14.3 Å². The normalized spacial score (nSPS) is 10.2. The van der Waals surface area contributed by atoms with E-state index in [1.807, 2.05) is 55.5 Å². The molecule has 2 amide bonds. The van der Waals surface area contributed by atoms with Gasteiger partial charge in [-0.25, -0.2) is 0 Å². The molecule has 0 radical (unpaired) electrons. The van der Waals surface area contributed by atoms with E-state index in [-0.39, 0.29) is 18.4 Å². The number of carbonyl (C=O) groups excluding carboxylic acids is 2. The molecule has 2 aromatic rings. The first-order chi connectivity index (χ1) is 13.6. The summed E-state index contributed by atoms with van der Waals surface area (Å²) in [5, 5.41) is 8.76. The highest BCUT2D eigenvalue weighted by atomic mass is 16.5. The summed E-state index contributed by atoms with van der Waals surface area (Å²) in [7, 11) is 0. The van der Waals surface area contributed by atoms with Crippen molar-refractivity contribution in [2.75, 3.05) is 29.1 Å². The lowest BCUT2D eigenvalue weighted by Gasteiger charge is -2.10. The number of ether oxygens (including phenoxy) is 1. The quantitative estimate of drug-likeness (QED) is 0.493. The van der Waals surface area contributed by atoms with E-state index >= 15 is 0 Å². The van der Waals surface area contributed by atoms with Crippen LogP contribution in [-0.2, 0) is 9.59 Å². The van der Waals surface area contributed by atoms with Crippen LogP contribution in [-0.4, -0.2) is 25.0 Å². The Hall–Kier alpha value is -3.02. The van der Waals surface area contributed by atoms with Gasteiger partial charge in [-0.05, 0) is 49.2 Å². The second-order valence-electron chi connectivity index (χ2n) is 6.51. The van der Waals surface area contributed by atoms with Crippen molar-refractivity contribution in [1.82, 2.24) is 0 Å². The summed E-state index contributed by atoms with van der Waals surface area (Å²) in [5.41, 5.74) is 2.25. The van der Waals surface area contributed by atoms with E-state index in [2.05, 4.69) is 22.9 Å². The third-order valence-corrected chi connectivity index (χ3v) is 3.98. The molecular weight excluding hydrogens is 354 g/mol. The first kappa shape index (κ1) is 21.3. The number of nitrogens with one attached hydrogen (secondary N) is 3. The third kappa shape index (κ3) is 7.70. The lowest BCUT2D eigenvalue weighted by molar-refractivity contribution is -0.116. The fraction of sp³-hybridized carbons (Fsp3) is 0.364. The zero-order valence-electron chi connectivity index (χ0n) is 16.6. The molecule has 0 aliphatic rings. The van der Waals surface area contributed by atoms with Gasteiger partial charge in [-0.15, -0.1) is 0 Å². The van der Waals surface area contributed by atoms with Gasteiger partial charge in [0.15, 0.2) is 0 Å². The van der Waals surface area contributed by atoms with Crippen molar-refractivity contribution in [2.24, 2.45) is 0 Å². The molecule has 2 aromatic carbocycles. The number of carbonyl (C=O) groups is 2. The van der Waals surface area contributed by atoms with Gasteiger partial charge in [0.1, 0.15) is 5.75 Å². The largest absolute Gasteiger partial charge is 0.494 e. The van der Waals surface area contributed by atoms with Gasteiger partial charge in [-0.3, -0.25) is 9.59 Å². The average Bonchev–Trinajstić information content (AvgIpc) is 2.68. The molecular formula is C22H29N3O3. The van der Waals surface area contributed by atoms with Crippen LogP contribution in [0.15, 0.2) is 48.5 Å². The minimum Gasteiger partial charge on any atom is -0.494 e. The fourth-order valence-electron chi connectivity index (χ4n) is 2.51. The number of anilines is 3. The monoisotopic (exact) mass is 383 g/mol. The number of benzene rings is 2. The summed E-state index contributed by atoms with van der Waals surface area (Å²) in [6, 6.07) is 14.7. The Labute approximate surface area is 166 Å². The Morgan fingerprint density at radius 1 is 0.857 bits per heavy atom. The predicted molar refractivity (Wildman–Crippen MR) is 114 cm³/mol. The fourth-order valence-corrected chi connectivity index (χ4v) is 2.51. The second-order valence-corrected chi connectivity index (χ2v) is 6.51. The smallest absolute Gasteiger partial charge is 0.243 e. The zero-order chi connectivity index (χ0) is 20.2. The summed E-state index contributed by atoms with van der Waals surface area (Å²) in [5.74, 6) is 0.606. The topological polar surface area (TPSA) is 79.5 Å². The Bertz CT molecular complexity index is 760. The standard InChI is InChI=1S/C22H29N3O3/c1-3-5-14-28-20-9-6-8-19(15-20)25-22(27)16-23-17-10-12-18(13-11-17)24-21(26)7-4-2/h6,8-13,15,23H,3-5,7,14,16H2,1-2H3,(H,24,26)(H,25,27). The van der Waals surface area contributed by atoms with E-state index in [4.69, 9.17) is 4.74 Å². The third-order valence-electron chi connectivity index (χ3n) is 3.98. The molecule has 3 N–H and O–H groups in total. The molecule has 28 heavy (non-hydrogen) atoms. The first-order valence-electron chi connectivity index (χ1n) is 9.77. The van der Waals surface area contributed by atoms with Crippen molar-refractivity contribution in [3.05, 3.63) is 48.5 Å². The molecule has 6 heteroatoms. The summed E-state index contributed by atoms with van der Waals surface area (Å²) in [6.45, 7) is 4.89. The van der Waals surface area contributed by atoms with Gasteiger partial charge in [-0.2, -0.15) is 0 Å². The predicted octanol–water partition coefficient (Wildman–Crippen LogP) is 4.65. The molecule has 0 spiro atoms. The number of rotatable bonds is 11. The first-order valence-corrected chi connectivity index (χ1v) is 9.77. The maximum Gasteiger partial charge on any atom is 0.243 e. The van der Waals surface area contributed by atoms with Crippen molar-refractivity contribution in [1.29, 1.82) is 0 Å². The van der Waals surface area contributed by atoms with Crippen LogP contribution < -0.4 is 20.7 Å². The molecule has 0 saturated carbocycles. The molecule has 0 atom stereocenters. The van der Waals surface area contributed by atoms with Crippen LogP contribution in [0.2, 0.25) is 0 Å². The Morgan fingerprint density at radius 2 is 1.57 bits per heavy atom. The molecule has 6 nitrogen and oxygen atoms in total. The van der Waals surface area contributed by atoms with E-state index < -0.39 is 0 Å². The van der Waals surface area contributed by atoms with Crippen LogP contribution >= 0.6 is 0 Å². The highest BCUT2D eigenvalue weighted by Gasteiger charge is 2.05. The van der Waals surface area contributed by atoms with Gasteiger partial charge >= 0.3 is 0 Å². The van der Waals surface area contributed by atoms with Crippen LogP contribution in [0.4, 0.5) is 17.1 Å². The van der Waals surface area contributed by atoms with Crippen molar-refractivity contribution in [3.8, 4) is 5.75 Å². The number of unbranched alkanes of at least 4 members (excludes halogenated alkanes) is 1. The Balaban J connectivity index is 1.79. The van der Waals surface area contributed by atoms with Crippen LogP contribution in [0.5, 0.6) is 5.75 Å². The molecule has 0 bridgehead atoms. The number of hydrogen-bond donors (Lipinski definition) is 3. The summed E-state index contributed by atoms with van der Waals surface area (Å²) in [4.78, 5) is 23.8. The van der Waals surface area contributed by atoms with Crippen LogP contribution in [0.25, 0.3) is 0 Å². The van der Waals surface area contributed by atoms with Crippen molar-refractivity contribution in [3.63, 3.8) is 0 Å². The average molecular weight is 383 g/mol. The highest BCUT2D eigenvalue weighted by Crippen LogP contribution is 2.18. The maximum atomic E-state index is 12.2. The lowest BCUT2D eigenvalue weighted by atomic mass is 10.2. The molecule has 0 unspecified atom stereocenters. The van der Waals surface area contributed by atoms with Gasteiger partial charge in [-0.1, -0.05) is 26.3 Å². The molecule has 0 aliphatic carbocycles. The molecule has 0 fully saturated rings. The second kappa shape index (κ2) is 11.6. The van der Waals surface area contributed by atoms with Gasteiger partial charge in [0.25, 0.3) is 0 Å². The lowest BCUT2D eigenvalue weighted by Crippen LogP contribution is -2.21. The zero-order valence-corrected chi connectivity index (χ0v) is 16.6. The Morgan fingerprint density at radius 3 is 2.29 bits per heavy atom. The van der Waals surface area contributed by atoms with E-state index in [9.17, 15) is 9.59 Å². The van der Waals surface area contributed by atoms with Crippen LogP contribution in [0.3, 0.4) is 0 Å². The van der Waals surface area contributed by atoms with E-state index in [1.54, 1.807) is 0 Å². The molecule has 0 aliphatic heterocycles. The van der Waals surface area contributed by atoms with Crippen LogP contribution in [0, 0.1) is 0 Å².